The van der Waals surface area contributed by atoms with E-state index in [1.54, 1.807) is 0 Å². The van der Waals surface area contributed by atoms with Crippen molar-refractivity contribution in [2.75, 3.05) is 20.1 Å². The van der Waals surface area contributed by atoms with E-state index in [1.165, 1.54) is 25.9 Å². The smallest absolute Gasteiger partial charge is 0.00381 e. The summed E-state index contributed by atoms with van der Waals surface area (Å²) in [4.78, 5) is 2.46. The predicted octanol–water partition coefficient (Wildman–Crippen LogP) is 1.35. The van der Waals surface area contributed by atoms with Gasteiger partial charge in [0, 0.05) is 6.54 Å². The summed E-state index contributed by atoms with van der Waals surface area (Å²) in [6.45, 7) is 5.09. The molecule has 0 N–H and O–H groups in total. The first-order valence-electron chi connectivity index (χ1n) is 3.91. The van der Waals surface area contributed by atoms with Crippen LogP contribution in [0, 0.1) is 11.3 Å². The molecule has 2 aliphatic rings. The molecule has 0 aromatic carbocycles. The fraction of sp³-hybridized carbons (Fsp3) is 1.00. The van der Waals surface area contributed by atoms with Gasteiger partial charge in [-0.2, -0.15) is 0 Å². The number of rotatable bonds is 0. The summed E-state index contributed by atoms with van der Waals surface area (Å²) in [5.41, 5.74) is 0.800. The maximum absolute atomic E-state index is 2.46. The summed E-state index contributed by atoms with van der Waals surface area (Å²) in [7, 11) is 2.24. The van der Waals surface area contributed by atoms with Crippen molar-refractivity contribution in [1.29, 1.82) is 0 Å². The van der Waals surface area contributed by atoms with Crippen molar-refractivity contribution in [3.8, 4) is 0 Å². The molecule has 9 heavy (non-hydrogen) atoms. The molecule has 1 heteroatoms. The van der Waals surface area contributed by atoms with Gasteiger partial charge in [0.25, 0.3) is 0 Å². The lowest BCUT2D eigenvalue weighted by Gasteiger charge is -2.07. The molecule has 2 atom stereocenters. The van der Waals surface area contributed by atoms with Crippen LogP contribution in [0.25, 0.3) is 0 Å². The molecular weight excluding hydrogens is 110 g/mol. The largest absolute Gasteiger partial charge is 0.306 e. The fourth-order valence-corrected chi connectivity index (χ4v) is 2.23. The van der Waals surface area contributed by atoms with Gasteiger partial charge < -0.3 is 4.90 Å². The van der Waals surface area contributed by atoms with Gasteiger partial charge in [-0.1, -0.05) is 6.92 Å². The Morgan fingerprint density at radius 1 is 1.56 bits per heavy atom. The first-order valence-corrected chi connectivity index (χ1v) is 3.91. The zero-order chi connectivity index (χ0) is 6.48. The van der Waals surface area contributed by atoms with Gasteiger partial charge >= 0.3 is 0 Å². The van der Waals surface area contributed by atoms with Crippen LogP contribution in [0.1, 0.15) is 19.8 Å². The first kappa shape index (κ1) is 5.72. The fourth-order valence-electron chi connectivity index (χ4n) is 2.23. The van der Waals surface area contributed by atoms with Crippen LogP contribution in [0.15, 0.2) is 0 Å². The highest BCUT2D eigenvalue weighted by Crippen LogP contribution is 2.57. The summed E-state index contributed by atoms with van der Waals surface area (Å²) < 4.78 is 0. The van der Waals surface area contributed by atoms with Crippen molar-refractivity contribution in [2.24, 2.45) is 11.3 Å². The van der Waals surface area contributed by atoms with Gasteiger partial charge in [-0.05, 0) is 37.8 Å². The van der Waals surface area contributed by atoms with Crippen LogP contribution in [-0.4, -0.2) is 25.0 Å². The second kappa shape index (κ2) is 1.51. The normalized spacial score (nSPS) is 50.7. The van der Waals surface area contributed by atoms with Crippen LogP contribution < -0.4 is 0 Å². The monoisotopic (exact) mass is 125 g/mol. The van der Waals surface area contributed by atoms with Crippen LogP contribution in [0.4, 0.5) is 0 Å². The van der Waals surface area contributed by atoms with E-state index in [-0.39, 0.29) is 0 Å². The summed E-state index contributed by atoms with van der Waals surface area (Å²) in [5.74, 6) is 1.03. The molecule has 1 heterocycles. The highest BCUT2D eigenvalue weighted by molar-refractivity contribution is 5.04. The second-order valence-electron chi connectivity index (χ2n) is 3.96. The first-order chi connectivity index (χ1) is 4.23. The van der Waals surface area contributed by atoms with E-state index in [2.05, 4.69) is 18.9 Å². The highest BCUT2D eigenvalue weighted by atomic mass is 15.1. The molecule has 1 saturated heterocycles. The molecule has 2 fully saturated rings. The van der Waals surface area contributed by atoms with Crippen molar-refractivity contribution >= 4 is 0 Å². The average molecular weight is 125 g/mol. The van der Waals surface area contributed by atoms with Crippen molar-refractivity contribution in [3.05, 3.63) is 0 Å². The molecule has 1 nitrogen and oxygen atoms in total. The number of hydrogen-bond donors (Lipinski definition) is 0. The molecule has 0 radical (unpaired) electrons. The summed E-state index contributed by atoms with van der Waals surface area (Å²) in [5, 5.41) is 0. The minimum Gasteiger partial charge on any atom is -0.306 e. The maximum atomic E-state index is 2.46. The Kier molecular flexibility index (Phi) is 0.963. The lowest BCUT2D eigenvalue weighted by molar-refractivity contribution is 0.379. The molecule has 1 aliphatic heterocycles. The van der Waals surface area contributed by atoms with Gasteiger partial charge in [-0.15, -0.1) is 0 Å². The lowest BCUT2D eigenvalue weighted by atomic mass is 10.0. The minimum atomic E-state index is 0.800. The molecule has 1 unspecified atom stereocenters. The van der Waals surface area contributed by atoms with Crippen LogP contribution in [-0.2, 0) is 0 Å². The van der Waals surface area contributed by atoms with E-state index in [9.17, 15) is 0 Å². The Morgan fingerprint density at radius 3 is 2.44 bits per heavy atom. The van der Waals surface area contributed by atoms with Crippen molar-refractivity contribution < 1.29 is 0 Å². The third-order valence-electron chi connectivity index (χ3n) is 3.17. The number of likely N-dealkylation sites (tertiary alicyclic amines) is 1. The zero-order valence-electron chi connectivity index (χ0n) is 6.35. The molecule has 52 valence electrons. The van der Waals surface area contributed by atoms with Crippen molar-refractivity contribution in [1.82, 2.24) is 4.90 Å². The van der Waals surface area contributed by atoms with E-state index < -0.39 is 0 Å². The maximum Gasteiger partial charge on any atom is 0.00381 e. The van der Waals surface area contributed by atoms with E-state index in [1.807, 2.05) is 0 Å². The van der Waals surface area contributed by atoms with Crippen molar-refractivity contribution in [3.63, 3.8) is 0 Å². The van der Waals surface area contributed by atoms with Crippen molar-refractivity contribution in [2.45, 2.75) is 19.8 Å². The van der Waals surface area contributed by atoms with Gasteiger partial charge in [0.15, 0.2) is 0 Å². The Bertz CT molecular complexity index is 131. The van der Waals surface area contributed by atoms with Crippen LogP contribution in [0.3, 0.4) is 0 Å². The van der Waals surface area contributed by atoms with Gasteiger partial charge in [-0.3, -0.25) is 0 Å². The van der Waals surface area contributed by atoms with E-state index in [0.29, 0.717) is 0 Å². The molecule has 2 rings (SSSR count). The number of nitrogens with zero attached hydrogens (tertiary/aromatic N) is 1. The lowest BCUT2D eigenvalue weighted by Crippen LogP contribution is -2.14. The molecule has 1 spiro atoms. The van der Waals surface area contributed by atoms with Crippen LogP contribution in [0.5, 0.6) is 0 Å². The SMILES string of the molecule is C[C@@H]1CC12CCN(C)C2. The summed E-state index contributed by atoms with van der Waals surface area (Å²) >= 11 is 0. The van der Waals surface area contributed by atoms with E-state index in [0.717, 1.165) is 11.3 Å². The quantitative estimate of drug-likeness (QED) is 0.472. The zero-order valence-corrected chi connectivity index (χ0v) is 6.35. The molecule has 0 bridgehead atoms. The topological polar surface area (TPSA) is 3.24 Å². The van der Waals surface area contributed by atoms with Gasteiger partial charge in [0.2, 0.25) is 0 Å². The molecular formula is C8H15N. The molecule has 0 aromatic rings. The molecule has 1 saturated carbocycles. The molecule has 0 amide bonds. The molecule has 0 aromatic heterocycles. The van der Waals surface area contributed by atoms with Gasteiger partial charge in [0.05, 0.1) is 0 Å². The Labute approximate surface area is 57.0 Å². The van der Waals surface area contributed by atoms with Gasteiger partial charge in [0.1, 0.15) is 0 Å². The molecule has 1 aliphatic carbocycles. The Hall–Kier alpha value is -0.0400. The van der Waals surface area contributed by atoms with Crippen LogP contribution in [0.2, 0.25) is 0 Å². The number of hydrogen-bond acceptors (Lipinski definition) is 1. The van der Waals surface area contributed by atoms with E-state index >= 15 is 0 Å². The Morgan fingerprint density at radius 2 is 2.22 bits per heavy atom. The predicted molar refractivity (Wildman–Crippen MR) is 38.3 cm³/mol. The average Bonchev–Trinajstić information content (AvgIpc) is 2.17. The third-order valence-corrected chi connectivity index (χ3v) is 3.17. The van der Waals surface area contributed by atoms with Gasteiger partial charge in [-0.25, -0.2) is 0 Å². The van der Waals surface area contributed by atoms with E-state index in [4.69, 9.17) is 0 Å². The Balaban J connectivity index is 2.03. The summed E-state index contributed by atoms with van der Waals surface area (Å²) in [6.07, 6.45) is 2.96. The minimum absolute atomic E-state index is 0.800. The highest BCUT2D eigenvalue weighted by Gasteiger charge is 2.53. The van der Waals surface area contributed by atoms with Crippen LogP contribution >= 0.6 is 0 Å². The third kappa shape index (κ3) is 0.710. The summed E-state index contributed by atoms with van der Waals surface area (Å²) in [6, 6.07) is 0. The second-order valence-corrected chi connectivity index (χ2v) is 3.96. The standard InChI is InChI=1S/C8H15N/c1-7-5-8(7)3-4-9(2)6-8/h7H,3-6H2,1-2H3/t7-,8?/m1/s1.